The van der Waals surface area contributed by atoms with E-state index in [1.54, 1.807) is 19.1 Å². The zero-order valence-electron chi connectivity index (χ0n) is 11.9. The maximum Gasteiger partial charge on any atom is 0.238 e. The predicted octanol–water partition coefficient (Wildman–Crippen LogP) is 3.02. The van der Waals surface area contributed by atoms with E-state index in [0.717, 1.165) is 12.1 Å². The summed E-state index contributed by atoms with van der Waals surface area (Å²) in [5.74, 6) is 0. The van der Waals surface area contributed by atoms with Gasteiger partial charge in [-0.1, -0.05) is 32.3 Å². The van der Waals surface area contributed by atoms with E-state index in [1.807, 2.05) is 6.07 Å². The van der Waals surface area contributed by atoms with Crippen LogP contribution in [0.2, 0.25) is 0 Å². The van der Waals surface area contributed by atoms with Crippen LogP contribution in [0.25, 0.3) is 0 Å². The van der Waals surface area contributed by atoms with Gasteiger partial charge in [-0.3, -0.25) is 0 Å². The molecule has 0 aromatic heterocycles. The van der Waals surface area contributed by atoms with Crippen molar-refractivity contribution in [1.82, 2.24) is 0 Å². The minimum atomic E-state index is -3.65. The third-order valence-electron chi connectivity index (χ3n) is 3.15. The van der Waals surface area contributed by atoms with Gasteiger partial charge in [-0.05, 0) is 38.0 Å². The standard InChI is InChI=1S/C14H24N2O2S/c1-4-5-6-7-12(3)16-13-9-8-11(2)14(10-13)19(15,17)18/h8-10,12,16H,4-7H2,1-3H3,(H2,15,17,18). The molecular weight excluding hydrogens is 260 g/mol. The van der Waals surface area contributed by atoms with Gasteiger partial charge in [0.1, 0.15) is 0 Å². The van der Waals surface area contributed by atoms with E-state index in [-0.39, 0.29) is 4.90 Å². The molecule has 0 amide bonds. The Morgan fingerprint density at radius 3 is 2.58 bits per heavy atom. The molecule has 108 valence electrons. The Balaban J connectivity index is 2.75. The topological polar surface area (TPSA) is 72.2 Å². The smallest absolute Gasteiger partial charge is 0.238 e. The lowest BCUT2D eigenvalue weighted by Gasteiger charge is -2.16. The van der Waals surface area contributed by atoms with Gasteiger partial charge in [0, 0.05) is 11.7 Å². The number of hydrogen-bond donors (Lipinski definition) is 2. The zero-order chi connectivity index (χ0) is 14.5. The number of aryl methyl sites for hydroxylation is 1. The van der Waals surface area contributed by atoms with E-state index in [4.69, 9.17) is 5.14 Å². The van der Waals surface area contributed by atoms with E-state index in [2.05, 4.69) is 19.2 Å². The number of primary sulfonamides is 1. The van der Waals surface area contributed by atoms with Crippen molar-refractivity contribution in [2.24, 2.45) is 5.14 Å². The fourth-order valence-corrected chi connectivity index (χ4v) is 2.86. The number of benzene rings is 1. The van der Waals surface area contributed by atoms with Crippen LogP contribution in [0.1, 0.15) is 45.1 Å². The summed E-state index contributed by atoms with van der Waals surface area (Å²) >= 11 is 0. The predicted molar refractivity (Wildman–Crippen MR) is 79.8 cm³/mol. The third kappa shape index (κ3) is 5.20. The molecule has 0 saturated heterocycles. The van der Waals surface area contributed by atoms with Gasteiger partial charge in [-0.2, -0.15) is 0 Å². The minimum Gasteiger partial charge on any atom is -0.383 e. The molecule has 0 heterocycles. The summed E-state index contributed by atoms with van der Waals surface area (Å²) in [6, 6.07) is 5.60. The molecule has 1 aromatic carbocycles. The number of unbranched alkanes of at least 4 members (excludes halogenated alkanes) is 2. The minimum absolute atomic E-state index is 0.193. The second kappa shape index (κ2) is 6.91. The molecule has 0 saturated carbocycles. The van der Waals surface area contributed by atoms with E-state index in [0.29, 0.717) is 11.6 Å². The first-order valence-electron chi connectivity index (χ1n) is 6.74. The van der Waals surface area contributed by atoms with Crippen molar-refractivity contribution in [1.29, 1.82) is 0 Å². The van der Waals surface area contributed by atoms with Gasteiger partial charge in [0.15, 0.2) is 0 Å². The first kappa shape index (κ1) is 16.0. The lowest BCUT2D eigenvalue weighted by atomic mass is 10.1. The molecule has 4 nitrogen and oxygen atoms in total. The number of nitrogens with one attached hydrogen (secondary N) is 1. The van der Waals surface area contributed by atoms with Gasteiger partial charge in [-0.25, -0.2) is 13.6 Å². The van der Waals surface area contributed by atoms with Crippen LogP contribution in [-0.4, -0.2) is 14.5 Å². The van der Waals surface area contributed by atoms with Crippen molar-refractivity contribution in [3.05, 3.63) is 23.8 Å². The fourth-order valence-electron chi connectivity index (χ4n) is 2.05. The average Bonchev–Trinajstić information content (AvgIpc) is 2.30. The van der Waals surface area contributed by atoms with Crippen molar-refractivity contribution in [3.8, 4) is 0 Å². The molecule has 1 unspecified atom stereocenters. The molecule has 5 heteroatoms. The molecule has 0 aliphatic rings. The Bertz CT molecular complexity index is 512. The van der Waals surface area contributed by atoms with Crippen molar-refractivity contribution in [2.75, 3.05) is 5.32 Å². The number of nitrogens with two attached hydrogens (primary N) is 1. The van der Waals surface area contributed by atoms with Crippen molar-refractivity contribution < 1.29 is 8.42 Å². The summed E-state index contributed by atoms with van der Waals surface area (Å²) < 4.78 is 22.9. The Kier molecular flexibility index (Phi) is 5.82. The number of anilines is 1. The number of sulfonamides is 1. The van der Waals surface area contributed by atoms with Crippen LogP contribution in [0.15, 0.2) is 23.1 Å². The monoisotopic (exact) mass is 284 g/mol. The van der Waals surface area contributed by atoms with Gasteiger partial charge in [0.25, 0.3) is 0 Å². The largest absolute Gasteiger partial charge is 0.383 e. The van der Waals surface area contributed by atoms with Crippen LogP contribution in [0.3, 0.4) is 0 Å². The highest BCUT2D eigenvalue weighted by Gasteiger charge is 2.12. The first-order chi connectivity index (χ1) is 8.84. The van der Waals surface area contributed by atoms with Gasteiger partial charge in [-0.15, -0.1) is 0 Å². The highest BCUT2D eigenvalue weighted by molar-refractivity contribution is 7.89. The van der Waals surface area contributed by atoms with Gasteiger partial charge in [0.2, 0.25) is 10.0 Å². The maximum atomic E-state index is 11.5. The van der Waals surface area contributed by atoms with E-state index < -0.39 is 10.0 Å². The fraction of sp³-hybridized carbons (Fsp3) is 0.571. The summed E-state index contributed by atoms with van der Waals surface area (Å²) in [4.78, 5) is 0.193. The molecule has 1 aromatic rings. The highest BCUT2D eigenvalue weighted by Crippen LogP contribution is 2.20. The van der Waals surface area contributed by atoms with Crippen molar-refractivity contribution in [3.63, 3.8) is 0 Å². The van der Waals surface area contributed by atoms with Gasteiger partial charge >= 0.3 is 0 Å². The molecule has 0 fully saturated rings. The summed E-state index contributed by atoms with van der Waals surface area (Å²) in [5, 5.41) is 8.52. The van der Waals surface area contributed by atoms with Crippen LogP contribution >= 0.6 is 0 Å². The summed E-state index contributed by atoms with van der Waals surface area (Å²) in [6.45, 7) is 6.02. The first-order valence-corrected chi connectivity index (χ1v) is 8.29. The van der Waals surface area contributed by atoms with Crippen LogP contribution in [0, 0.1) is 6.92 Å². The Hall–Kier alpha value is -1.07. The quantitative estimate of drug-likeness (QED) is 0.756. The molecular formula is C14H24N2O2S. The van der Waals surface area contributed by atoms with Crippen LogP contribution in [-0.2, 0) is 10.0 Å². The third-order valence-corrected chi connectivity index (χ3v) is 4.20. The number of rotatable bonds is 7. The zero-order valence-corrected chi connectivity index (χ0v) is 12.8. The normalized spacial score (nSPS) is 13.3. The van der Waals surface area contributed by atoms with E-state index in [9.17, 15) is 8.42 Å². The molecule has 1 atom stereocenters. The number of hydrogen-bond acceptors (Lipinski definition) is 3. The summed E-state index contributed by atoms with van der Waals surface area (Å²) in [5.41, 5.74) is 1.48. The molecule has 0 aliphatic carbocycles. The van der Waals surface area contributed by atoms with Gasteiger partial charge < -0.3 is 5.32 Å². The second-order valence-corrected chi connectivity index (χ2v) is 6.60. The van der Waals surface area contributed by atoms with Gasteiger partial charge in [0.05, 0.1) is 4.90 Å². The Morgan fingerprint density at radius 2 is 2.00 bits per heavy atom. The molecule has 19 heavy (non-hydrogen) atoms. The highest BCUT2D eigenvalue weighted by atomic mass is 32.2. The molecule has 0 aliphatic heterocycles. The molecule has 1 rings (SSSR count). The SMILES string of the molecule is CCCCCC(C)Nc1ccc(C)c(S(N)(=O)=O)c1. The summed E-state index contributed by atoms with van der Waals surface area (Å²) in [6.07, 6.45) is 4.68. The van der Waals surface area contributed by atoms with E-state index in [1.165, 1.54) is 19.3 Å². The maximum absolute atomic E-state index is 11.5. The molecule has 3 N–H and O–H groups in total. The lowest BCUT2D eigenvalue weighted by Crippen LogP contribution is -2.17. The molecule has 0 spiro atoms. The van der Waals surface area contributed by atoms with Crippen LogP contribution in [0.5, 0.6) is 0 Å². The molecule has 0 bridgehead atoms. The van der Waals surface area contributed by atoms with Crippen molar-refractivity contribution >= 4 is 15.7 Å². The second-order valence-electron chi connectivity index (χ2n) is 5.07. The van der Waals surface area contributed by atoms with Crippen LogP contribution in [0.4, 0.5) is 5.69 Å². The molecule has 0 radical (unpaired) electrons. The Labute approximate surface area is 116 Å². The van der Waals surface area contributed by atoms with Crippen LogP contribution < -0.4 is 10.5 Å². The Morgan fingerprint density at radius 1 is 1.32 bits per heavy atom. The summed E-state index contributed by atoms with van der Waals surface area (Å²) in [7, 11) is -3.65. The lowest BCUT2D eigenvalue weighted by molar-refractivity contribution is 0.597. The van der Waals surface area contributed by atoms with E-state index >= 15 is 0 Å². The van der Waals surface area contributed by atoms with Crippen molar-refractivity contribution in [2.45, 2.75) is 57.4 Å². The average molecular weight is 284 g/mol.